The maximum Gasteiger partial charge on any atom is 0.298 e. The number of rotatable bonds is 0. The summed E-state index contributed by atoms with van der Waals surface area (Å²) in [5.74, 6) is 3.30. The van der Waals surface area contributed by atoms with Crippen LogP contribution in [0.4, 0.5) is 0 Å². The van der Waals surface area contributed by atoms with Crippen molar-refractivity contribution in [3.8, 4) is 12.3 Å². The Morgan fingerprint density at radius 1 is 1.42 bits per heavy atom. The van der Waals surface area contributed by atoms with Crippen molar-refractivity contribution >= 4 is 5.91 Å². The molecule has 0 aliphatic carbocycles. The minimum atomic E-state index is -0.149. The lowest BCUT2D eigenvalue weighted by atomic mass is 10.0. The number of terminal acetylenes is 1. The van der Waals surface area contributed by atoms with Gasteiger partial charge in [0.15, 0.2) is 0 Å². The molecule has 0 aromatic heterocycles. The molecule has 0 spiro atoms. The third-order valence-corrected chi connectivity index (χ3v) is 2.80. The summed E-state index contributed by atoms with van der Waals surface area (Å²) >= 11 is 0. The summed E-state index contributed by atoms with van der Waals surface area (Å²) in [5.41, 5.74) is 0. The van der Waals surface area contributed by atoms with E-state index in [4.69, 9.17) is 6.42 Å². The Labute approximate surface area is 72.1 Å². The van der Waals surface area contributed by atoms with Crippen LogP contribution in [-0.4, -0.2) is 37.0 Å². The summed E-state index contributed by atoms with van der Waals surface area (Å²) in [5, 5.41) is 3.31. The second kappa shape index (κ2) is 2.80. The summed E-state index contributed by atoms with van der Waals surface area (Å²) in [6.07, 6.45) is 5.05. The Kier molecular flexibility index (Phi) is 1.78. The monoisotopic (exact) mass is 164 g/mol. The van der Waals surface area contributed by atoms with Crippen LogP contribution in [0.25, 0.3) is 0 Å². The molecule has 2 heterocycles. The predicted molar refractivity (Wildman–Crippen MR) is 45.3 cm³/mol. The first-order valence-corrected chi connectivity index (χ1v) is 4.27. The van der Waals surface area contributed by atoms with E-state index < -0.39 is 0 Å². The Bertz CT molecular complexity index is 231. The fraction of sp³-hybridized carbons (Fsp3) is 0.667. The molecule has 2 atom stereocenters. The van der Waals surface area contributed by atoms with Crippen LogP contribution in [0.15, 0.2) is 0 Å². The third kappa shape index (κ3) is 1.09. The largest absolute Gasteiger partial charge is 0.331 e. The van der Waals surface area contributed by atoms with Crippen molar-refractivity contribution in [2.24, 2.45) is 11.8 Å². The Hall–Kier alpha value is -1.01. The second-order valence-electron chi connectivity index (χ2n) is 3.53. The van der Waals surface area contributed by atoms with E-state index in [1.54, 1.807) is 4.90 Å². The highest BCUT2D eigenvalue weighted by molar-refractivity contribution is 5.93. The maximum atomic E-state index is 11.1. The standard InChI is InChI=1S/C9H12N2O/c1-2-9(12)11-5-7-3-10-4-8(7)6-11/h1,7-8,10H,3-6H2. The van der Waals surface area contributed by atoms with E-state index in [1.807, 2.05) is 0 Å². The SMILES string of the molecule is C#CC(=O)N1CC2CNCC2C1. The molecule has 1 N–H and O–H groups in total. The number of hydrogen-bond acceptors (Lipinski definition) is 2. The van der Waals surface area contributed by atoms with Crippen LogP contribution in [-0.2, 0) is 4.79 Å². The Morgan fingerprint density at radius 2 is 2.00 bits per heavy atom. The van der Waals surface area contributed by atoms with Gasteiger partial charge in [-0.1, -0.05) is 0 Å². The quantitative estimate of drug-likeness (QED) is 0.480. The molecule has 64 valence electrons. The molecule has 0 radical (unpaired) electrons. The van der Waals surface area contributed by atoms with Gasteiger partial charge in [0, 0.05) is 26.2 Å². The van der Waals surface area contributed by atoms with Gasteiger partial charge in [-0.15, -0.1) is 6.42 Å². The highest BCUT2D eigenvalue weighted by atomic mass is 16.2. The molecule has 2 aliphatic heterocycles. The number of nitrogens with one attached hydrogen (secondary N) is 1. The first-order valence-electron chi connectivity index (χ1n) is 4.27. The topological polar surface area (TPSA) is 32.3 Å². The molecule has 0 aromatic carbocycles. The summed E-state index contributed by atoms with van der Waals surface area (Å²) < 4.78 is 0. The lowest BCUT2D eigenvalue weighted by molar-refractivity contribution is -0.124. The first kappa shape index (κ1) is 7.63. The van der Waals surface area contributed by atoms with Crippen LogP contribution < -0.4 is 5.32 Å². The van der Waals surface area contributed by atoms with Gasteiger partial charge in [0.05, 0.1) is 0 Å². The number of carbonyl (C=O) groups excluding carboxylic acids is 1. The van der Waals surface area contributed by atoms with Crippen LogP contribution in [0.1, 0.15) is 0 Å². The molecule has 0 saturated carbocycles. The molecule has 2 rings (SSSR count). The highest BCUT2D eigenvalue weighted by Crippen LogP contribution is 2.25. The summed E-state index contributed by atoms with van der Waals surface area (Å²) in [4.78, 5) is 12.9. The maximum absolute atomic E-state index is 11.1. The average Bonchev–Trinajstić information content (AvgIpc) is 2.60. The molecule has 0 bridgehead atoms. The summed E-state index contributed by atoms with van der Waals surface area (Å²) in [6, 6.07) is 0. The molecule has 2 unspecified atom stereocenters. The van der Waals surface area contributed by atoms with Crippen LogP contribution >= 0.6 is 0 Å². The van der Waals surface area contributed by atoms with Gasteiger partial charge < -0.3 is 10.2 Å². The molecule has 0 aromatic rings. The number of nitrogens with zero attached hydrogens (tertiary/aromatic N) is 1. The molecule has 3 nitrogen and oxygen atoms in total. The van der Waals surface area contributed by atoms with E-state index >= 15 is 0 Å². The lowest BCUT2D eigenvalue weighted by Crippen LogP contribution is -2.30. The van der Waals surface area contributed by atoms with Gasteiger partial charge in [0.2, 0.25) is 0 Å². The number of fused-ring (bicyclic) bond motifs is 1. The van der Waals surface area contributed by atoms with Crippen LogP contribution in [0.5, 0.6) is 0 Å². The Morgan fingerprint density at radius 3 is 2.50 bits per heavy atom. The van der Waals surface area contributed by atoms with Gasteiger partial charge in [-0.2, -0.15) is 0 Å². The van der Waals surface area contributed by atoms with Crippen molar-refractivity contribution in [3.05, 3.63) is 0 Å². The van der Waals surface area contributed by atoms with Gasteiger partial charge >= 0.3 is 0 Å². The molecule has 2 aliphatic rings. The minimum Gasteiger partial charge on any atom is -0.331 e. The highest BCUT2D eigenvalue weighted by Gasteiger charge is 2.37. The fourth-order valence-electron chi connectivity index (χ4n) is 2.11. The first-order chi connectivity index (χ1) is 5.81. The Balaban J connectivity index is 2.00. The van der Waals surface area contributed by atoms with E-state index in [-0.39, 0.29) is 5.91 Å². The van der Waals surface area contributed by atoms with E-state index in [1.165, 1.54) is 0 Å². The number of carbonyl (C=O) groups is 1. The molecular weight excluding hydrogens is 152 g/mol. The number of amides is 1. The van der Waals surface area contributed by atoms with Crippen molar-refractivity contribution in [2.45, 2.75) is 0 Å². The third-order valence-electron chi connectivity index (χ3n) is 2.80. The lowest BCUT2D eigenvalue weighted by Gasteiger charge is -2.13. The zero-order chi connectivity index (χ0) is 8.55. The van der Waals surface area contributed by atoms with Gasteiger partial charge in [-0.25, -0.2) is 0 Å². The van der Waals surface area contributed by atoms with Crippen LogP contribution in [0, 0.1) is 24.2 Å². The average molecular weight is 164 g/mol. The smallest absolute Gasteiger partial charge is 0.298 e. The van der Waals surface area contributed by atoms with Crippen molar-refractivity contribution in [1.29, 1.82) is 0 Å². The minimum absolute atomic E-state index is 0.149. The van der Waals surface area contributed by atoms with Crippen LogP contribution in [0.2, 0.25) is 0 Å². The fourth-order valence-corrected chi connectivity index (χ4v) is 2.11. The van der Waals surface area contributed by atoms with Gasteiger partial charge in [0.25, 0.3) is 5.91 Å². The van der Waals surface area contributed by atoms with Crippen molar-refractivity contribution in [1.82, 2.24) is 10.2 Å². The van der Waals surface area contributed by atoms with Crippen molar-refractivity contribution < 1.29 is 4.79 Å². The van der Waals surface area contributed by atoms with Gasteiger partial charge in [-0.05, 0) is 17.8 Å². The number of hydrogen-bond donors (Lipinski definition) is 1. The second-order valence-corrected chi connectivity index (χ2v) is 3.53. The van der Waals surface area contributed by atoms with Crippen molar-refractivity contribution in [3.63, 3.8) is 0 Å². The van der Waals surface area contributed by atoms with Crippen molar-refractivity contribution in [2.75, 3.05) is 26.2 Å². The molecule has 12 heavy (non-hydrogen) atoms. The van der Waals surface area contributed by atoms with E-state index in [9.17, 15) is 4.79 Å². The summed E-state index contributed by atoms with van der Waals surface area (Å²) in [7, 11) is 0. The molecule has 1 amide bonds. The predicted octanol–water partition coefficient (Wildman–Crippen LogP) is -0.703. The van der Waals surface area contributed by atoms with Gasteiger partial charge in [-0.3, -0.25) is 4.79 Å². The van der Waals surface area contributed by atoms with Gasteiger partial charge in [0.1, 0.15) is 0 Å². The zero-order valence-corrected chi connectivity index (χ0v) is 6.92. The molecule has 3 heteroatoms. The van der Waals surface area contributed by atoms with E-state index in [2.05, 4.69) is 11.2 Å². The van der Waals surface area contributed by atoms with E-state index in [0.717, 1.165) is 26.2 Å². The molecule has 2 saturated heterocycles. The number of likely N-dealkylation sites (tertiary alicyclic amines) is 1. The van der Waals surface area contributed by atoms with E-state index in [0.29, 0.717) is 11.8 Å². The molecule has 2 fully saturated rings. The van der Waals surface area contributed by atoms with Crippen LogP contribution in [0.3, 0.4) is 0 Å². The summed E-state index contributed by atoms with van der Waals surface area (Å²) in [6.45, 7) is 3.78. The zero-order valence-electron chi connectivity index (χ0n) is 6.92. The normalized spacial score (nSPS) is 33.1. The molecular formula is C9H12N2O.